The van der Waals surface area contributed by atoms with Crippen molar-refractivity contribution in [3.05, 3.63) is 18.0 Å². The third-order valence-electron chi connectivity index (χ3n) is 3.51. The van der Waals surface area contributed by atoms with Crippen molar-refractivity contribution in [2.75, 3.05) is 38.6 Å². The summed E-state index contributed by atoms with van der Waals surface area (Å²) in [6, 6.07) is 0. The number of likely N-dealkylation sites (tertiary alicyclic amines) is 1. The second-order valence-electron chi connectivity index (χ2n) is 5.06. The molecule has 0 spiro atoms. The van der Waals surface area contributed by atoms with Gasteiger partial charge in [-0.1, -0.05) is 0 Å². The van der Waals surface area contributed by atoms with Gasteiger partial charge in [-0.25, -0.2) is 9.97 Å². The van der Waals surface area contributed by atoms with Gasteiger partial charge in [-0.3, -0.25) is 4.79 Å². The number of carbonyl (C=O) groups excluding carboxylic acids is 1. The number of aromatic nitrogens is 2. The van der Waals surface area contributed by atoms with Gasteiger partial charge in [0.2, 0.25) is 5.95 Å². The van der Waals surface area contributed by atoms with Gasteiger partial charge in [0, 0.05) is 26.0 Å². The van der Waals surface area contributed by atoms with Gasteiger partial charge in [0.15, 0.2) is 6.29 Å². The molecule has 98 valence electrons. The molecule has 2 heterocycles. The Kier molecular flexibility index (Phi) is 4.25. The van der Waals surface area contributed by atoms with Crippen LogP contribution in [0.1, 0.15) is 23.2 Å². The van der Waals surface area contributed by atoms with E-state index in [1.54, 1.807) is 12.4 Å². The van der Waals surface area contributed by atoms with Crippen LogP contribution in [0.2, 0.25) is 0 Å². The fourth-order valence-electron chi connectivity index (χ4n) is 2.30. The summed E-state index contributed by atoms with van der Waals surface area (Å²) in [6.45, 7) is 3.32. The van der Waals surface area contributed by atoms with Crippen LogP contribution in [0.15, 0.2) is 12.4 Å². The first-order valence-electron chi connectivity index (χ1n) is 6.36. The monoisotopic (exact) mass is 248 g/mol. The van der Waals surface area contributed by atoms with Gasteiger partial charge in [0.25, 0.3) is 0 Å². The van der Waals surface area contributed by atoms with Crippen LogP contribution in [0.5, 0.6) is 0 Å². The largest absolute Gasteiger partial charge is 0.344 e. The zero-order chi connectivity index (χ0) is 13.0. The van der Waals surface area contributed by atoms with Crippen molar-refractivity contribution >= 4 is 12.2 Å². The Hall–Kier alpha value is -1.49. The van der Waals surface area contributed by atoms with Crippen LogP contribution >= 0.6 is 0 Å². The third kappa shape index (κ3) is 3.26. The molecule has 1 saturated heterocycles. The van der Waals surface area contributed by atoms with Crippen molar-refractivity contribution in [1.82, 2.24) is 14.9 Å². The molecule has 5 heteroatoms. The predicted molar refractivity (Wildman–Crippen MR) is 70.9 cm³/mol. The lowest BCUT2D eigenvalue weighted by Crippen LogP contribution is -2.36. The number of nitrogens with zero attached hydrogens (tertiary/aromatic N) is 4. The highest BCUT2D eigenvalue weighted by molar-refractivity contribution is 5.73. The molecule has 1 aromatic heterocycles. The molecule has 0 saturated carbocycles. The van der Waals surface area contributed by atoms with E-state index in [9.17, 15) is 4.79 Å². The Bertz CT molecular complexity index is 384. The molecule has 1 aromatic rings. The van der Waals surface area contributed by atoms with E-state index in [0.717, 1.165) is 12.8 Å². The van der Waals surface area contributed by atoms with Crippen LogP contribution in [0.3, 0.4) is 0 Å². The summed E-state index contributed by atoms with van der Waals surface area (Å²) in [7, 11) is 4.18. The predicted octanol–water partition coefficient (Wildman–Crippen LogP) is 1.07. The maximum Gasteiger partial charge on any atom is 0.225 e. The van der Waals surface area contributed by atoms with Crippen LogP contribution in [0, 0.1) is 5.92 Å². The second-order valence-corrected chi connectivity index (χ2v) is 5.06. The van der Waals surface area contributed by atoms with Crippen molar-refractivity contribution in [2.45, 2.75) is 12.8 Å². The van der Waals surface area contributed by atoms with Crippen LogP contribution in [0.25, 0.3) is 0 Å². The number of carbonyl (C=O) groups is 1. The highest BCUT2D eigenvalue weighted by atomic mass is 16.1. The molecule has 0 aromatic carbocycles. The Morgan fingerprint density at radius 2 is 2.00 bits per heavy atom. The normalized spacial score (nSPS) is 17.7. The van der Waals surface area contributed by atoms with Gasteiger partial charge >= 0.3 is 0 Å². The van der Waals surface area contributed by atoms with E-state index < -0.39 is 0 Å². The zero-order valence-corrected chi connectivity index (χ0v) is 11.0. The van der Waals surface area contributed by atoms with Crippen LogP contribution in [-0.4, -0.2) is 54.9 Å². The molecule has 0 aliphatic carbocycles. The molecule has 1 fully saturated rings. The SMILES string of the molecule is CN1CCC(CN(C)c2ncc(C=O)cn2)CC1. The molecular formula is C13H20N4O. The lowest BCUT2D eigenvalue weighted by Gasteiger charge is -2.31. The maximum atomic E-state index is 10.5. The Morgan fingerprint density at radius 1 is 1.39 bits per heavy atom. The number of hydrogen-bond acceptors (Lipinski definition) is 5. The van der Waals surface area contributed by atoms with Crippen LogP contribution in [-0.2, 0) is 0 Å². The summed E-state index contributed by atoms with van der Waals surface area (Å²) in [6.07, 6.45) is 6.36. The van der Waals surface area contributed by atoms with E-state index in [0.29, 0.717) is 17.4 Å². The second kappa shape index (κ2) is 5.91. The van der Waals surface area contributed by atoms with E-state index >= 15 is 0 Å². The number of aldehydes is 1. The molecule has 0 unspecified atom stereocenters. The number of rotatable bonds is 4. The average molecular weight is 248 g/mol. The first kappa shape index (κ1) is 13.0. The first-order chi connectivity index (χ1) is 8.69. The number of anilines is 1. The van der Waals surface area contributed by atoms with Crippen molar-refractivity contribution in [1.29, 1.82) is 0 Å². The summed E-state index contributed by atoms with van der Waals surface area (Å²) in [4.78, 5) is 23.4. The topological polar surface area (TPSA) is 49.3 Å². The molecule has 18 heavy (non-hydrogen) atoms. The van der Waals surface area contributed by atoms with Crippen molar-refractivity contribution < 1.29 is 4.79 Å². The fourth-order valence-corrected chi connectivity index (χ4v) is 2.30. The van der Waals surface area contributed by atoms with Crippen molar-refractivity contribution in [3.8, 4) is 0 Å². The van der Waals surface area contributed by atoms with Gasteiger partial charge in [-0.15, -0.1) is 0 Å². The van der Waals surface area contributed by atoms with E-state index in [1.807, 2.05) is 7.05 Å². The quantitative estimate of drug-likeness (QED) is 0.746. The minimum absolute atomic E-state index is 0.520. The number of hydrogen-bond donors (Lipinski definition) is 0. The molecular weight excluding hydrogens is 228 g/mol. The fraction of sp³-hybridized carbons (Fsp3) is 0.615. The summed E-state index contributed by atoms with van der Waals surface area (Å²) in [5.74, 6) is 1.40. The van der Waals surface area contributed by atoms with E-state index in [4.69, 9.17) is 0 Å². The van der Waals surface area contributed by atoms with Crippen molar-refractivity contribution in [2.24, 2.45) is 5.92 Å². The Morgan fingerprint density at radius 3 is 2.56 bits per heavy atom. The summed E-state index contributed by atoms with van der Waals surface area (Å²) in [5.41, 5.74) is 0.520. The molecule has 1 aliphatic rings. The van der Waals surface area contributed by atoms with Gasteiger partial charge < -0.3 is 9.80 Å². The molecule has 0 N–H and O–H groups in total. The Labute approximate surface area is 108 Å². The average Bonchev–Trinajstić information content (AvgIpc) is 2.41. The highest BCUT2D eigenvalue weighted by Crippen LogP contribution is 2.18. The summed E-state index contributed by atoms with van der Waals surface area (Å²) >= 11 is 0. The van der Waals surface area contributed by atoms with Crippen molar-refractivity contribution in [3.63, 3.8) is 0 Å². The molecule has 0 amide bonds. The highest BCUT2D eigenvalue weighted by Gasteiger charge is 2.19. The maximum absolute atomic E-state index is 10.5. The molecule has 1 aliphatic heterocycles. The van der Waals surface area contributed by atoms with E-state index in [1.165, 1.54) is 25.9 Å². The standard InChI is InChI=1S/C13H20N4O/c1-16-5-3-11(4-6-16)9-17(2)13-14-7-12(10-18)8-15-13/h7-8,10-11H,3-6,9H2,1-2H3. The van der Waals surface area contributed by atoms with Crippen LogP contribution < -0.4 is 4.90 Å². The molecule has 0 atom stereocenters. The number of piperidine rings is 1. The van der Waals surface area contributed by atoms with E-state index in [-0.39, 0.29) is 0 Å². The minimum Gasteiger partial charge on any atom is -0.344 e. The summed E-state index contributed by atoms with van der Waals surface area (Å²) in [5, 5.41) is 0. The molecule has 0 radical (unpaired) electrons. The first-order valence-corrected chi connectivity index (χ1v) is 6.36. The molecule has 2 rings (SSSR count). The van der Waals surface area contributed by atoms with Gasteiger partial charge in [-0.05, 0) is 38.9 Å². The molecule has 5 nitrogen and oxygen atoms in total. The van der Waals surface area contributed by atoms with Gasteiger partial charge in [0.05, 0.1) is 5.56 Å². The Balaban J connectivity index is 1.90. The zero-order valence-electron chi connectivity index (χ0n) is 11.0. The molecule has 0 bridgehead atoms. The smallest absolute Gasteiger partial charge is 0.225 e. The third-order valence-corrected chi connectivity index (χ3v) is 3.51. The summed E-state index contributed by atoms with van der Waals surface area (Å²) < 4.78 is 0. The van der Waals surface area contributed by atoms with Gasteiger partial charge in [0.1, 0.15) is 0 Å². The van der Waals surface area contributed by atoms with Gasteiger partial charge in [-0.2, -0.15) is 0 Å². The van der Waals surface area contributed by atoms with Crippen LogP contribution in [0.4, 0.5) is 5.95 Å². The lowest BCUT2D eigenvalue weighted by atomic mass is 9.97. The lowest BCUT2D eigenvalue weighted by molar-refractivity contribution is 0.112. The minimum atomic E-state index is 0.520. The van der Waals surface area contributed by atoms with E-state index in [2.05, 4.69) is 26.8 Å².